The molecular weight excluding hydrogens is 300 g/mol. The predicted octanol–water partition coefficient (Wildman–Crippen LogP) is 4.42. The average molecular weight is 322 g/mol. The smallest absolute Gasteiger partial charge is 0.248 e. The zero-order chi connectivity index (χ0) is 17.5. The number of anilines is 2. The van der Waals surface area contributed by atoms with Crippen molar-refractivity contribution in [1.29, 1.82) is 0 Å². The molecule has 0 bridgehead atoms. The summed E-state index contributed by atoms with van der Waals surface area (Å²) in [5.74, 6) is 0.119. The number of rotatable bonds is 5. The van der Waals surface area contributed by atoms with Crippen molar-refractivity contribution in [3.8, 4) is 0 Å². The first-order valence-electron chi connectivity index (χ1n) is 7.91. The number of hydrogen-bond acceptors (Lipinski definition) is 2. The summed E-state index contributed by atoms with van der Waals surface area (Å²) in [5.41, 5.74) is 3.52. The van der Waals surface area contributed by atoms with Crippen molar-refractivity contribution in [3.63, 3.8) is 0 Å². The molecule has 0 atom stereocenters. The van der Waals surface area contributed by atoms with E-state index in [-0.39, 0.29) is 11.8 Å². The Bertz CT molecular complexity index is 746. The summed E-state index contributed by atoms with van der Waals surface area (Å²) in [6.07, 6.45) is 3.27. The van der Waals surface area contributed by atoms with E-state index in [0.29, 0.717) is 17.3 Å². The van der Waals surface area contributed by atoms with Crippen LogP contribution < -0.4 is 10.6 Å². The van der Waals surface area contributed by atoms with E-state index >= 15 is 0 Å². The van der Waals surface area contributed by atoms with Crippen LogP contribution in [0.15, 0.2) is 54.6 Å². The topological polar surface area (TPSA) is 58.2 Å². The summed E-state index contributed by atoms with van der Waals surface area (Å²) in [4.78, 5) is 23.1. The minimum atomic E-state index is -0.220. The number of amides is 2. The molecule has 2 N–H and O–H groups in total. The van der Waals surface area contributed by atoms with Crippen molar-refractivity contribution in [2.45, 2.75) is 26.7 Å². The summed E-state index contributed by atoms with van der Waals surface area (Å²) in [5, 5.41) is 5.46. The molecule has 0 fully saturated rings. The largest absolute Gasteiger partial charge is 0.326 e. The molecule has 2 rings (SSSR count). The summed E-state index contributed by atoms with van der Waals surface area (Å²) in [6, 6.07) is 15.2. The molecule has 24 heavy (non-hydrogen) atoms. The molecule has 2 amide bonds. The van der Waals surface area contributed by atoms with E-state index in [2.05, 4.69) is 36.6 Å². The lowest BCUT2D eigenvalue weighted by atomic mass is 10.0. The van der Waals surface area contributed by atoms with Gasteiger partial charge in [0.25, 0.3) is 0 Å². The zero-order valence-corrected chi connectivity index (χ0v) is 14.2. The van der Waals surface area contributed by atoms with Crippen LogP contribution in [0.2, 0.25) is 0 Å². The Morgan fingerprint density at radius 1 is 0.958 bits per heavy atom. The lowest BCUT2D eigenvalue weighted by Gasteiger charge is -2.06. The fourth-order valence-corrected chi connectivity index (χ4v) is 2.23. The Labute approximate surface area is 142 Å². The summed E-state index contributed by atoms with van der Waals surface area (Å²) in [6.45, 7) is 5.74. The molecule has 0 spiro atoms. The maximum atomic E-state index is 12.0. The van der Waals surface area contributed by atoms with Gasteiger partial charge in [0.15, 0.2) is 0 Å². The van der Waals surface area contributed by atoms with E-state index in [1.165, 1.54) is 18.6 Å². The molecule has 0 heterocycles. The van der Waals surface area contributed by atoms with Crippen LogP contribution >= 0.6 is 0 Å². The van der Waals surface area contributed by atoms with Crippen molar-refractivity contribution in [3.05, 3.63) is 65.7 Å². The predicted molar refractivity (Wildman–Crippen MR) is 98.9 cm³/mol. The third kappa shape index (κ3) is 5.39. The molecule has 124 valence electrons. The molecular formula is C20H22N2O2. The van der Waals surface area contributed by atoms with Gasteiger partial charge in [-0.1, -0.05) is 44.2 Å². The maximum absolute atomic E-state index is 12.0. The van der Waals surface area contributed by atoms with Gasteiger partial charge in [-0.15, -0.1) is 0 Å². The van der Waals surface area contributed by atoms with Crippen LogP contribution in [0.1, 0.15) is 37.8 Å². The number of benzene rings is 2. The van der Waals surface area contributed by atoms with E-state index in [0.717, 1.165) is 5.56 Å². The van der Waals surface area contributed by atoms with E-state index < -0.39 is 0 Å². The van der Waals surface area contributed by atoms with E-state index in [1.54, 1.807) is 30.3 Å². The van der Waals surface area contributed by atoms with Crippen LogP contribution in [-0.4, -0.2) is 11.8 Å². The van der Waals surface area contributed by atoms with Crippen LogP contribution in [0.5, 0.6) is 0 Å². The Balaban J connectivity index is 1.98. The fraction of sp³-hybridized carbons (Fsp3) is 0.200. The second-order valence-electron chi connectivity index (χ2n) is 5.91. The first-order valence-corrected chi connectivity index (χ1v) is 7.91. The lowest BCUT2D eigenvalue weighted by molar-refractivity contribution is -0.114. The monoisotopic (exact) mass is 322 g/mol. The molecule has 0 aliphatic heterocycles. The highest BCUT2D eigenvalue weighted by atomic mass is 16.2. The number of nitrogens with one attached hydrogen (secondary N) is 2. The van der Waals surface area contributed by atoms with Crippen LogP contribution in [0.4, 0.5) is 11.4 Å². The minimum Gasteiger partial charge on any atom is -0.326 e. The highest BCUT2D eigenvalue weighted by molar-refractivity contribution is 6.02. The highest BCUT2D eigenvalue weighted by Crippen LogP contribution is 2.16. The average Bonchev–Trinajstić information content (AvgIpc) is 2.53. The normalized spacial score (nSPS) is 10.8. The van der Waals surface area contributed by atoms with Crippen LogP contribution in [-0.2, 0) is 9.59 Å². The molecule has 0 aliphatic carbocycles. The Morgan fingerprint density at radius 3 is 2.17 bits per heavy atom. The molecule has 4 heteroatoms. The van der Waals surface area contributed by atoms with Gasteiger partial charge in [0.1, 0.15) is 0 Å². The van der Waals surface area contributed by atoms with E-state index in [4.69, 9.17) is 0 Å². The van der Waals surface area contributed by atoms with Gasteiger partial charge < -0.3 is 10.6 Å². The van der Waals surface area contributed by atoms with E-state index in [1.807, 2.05) is 12.1 Å². The van der Waals surface area contributed by atoms with Gasteiger partial charge in [0.2, 0.25) is 11.8 Å². The third-order valence-electron chi connectivity index (χ3n) is 3.48. The Kier molecular flexibility index (Phi) is 5.90. The van der Waals surface area contributed by atoms with Crippen LogP contribution in [0.3, 0.4) is 0 Å². The number of hydrogen-bond donors (Lipinski definition) is 2. The van der Waals surface area contributed by atoms with Crippen molar-refractivity contribution < 1.29 is 9.59 Å². The molecule has 0 saturated heterocycles. The van der Waals surface area contributed by atoms with Gasteiger partial charge in [0, 0.05) is 24.4 Å². The van der Waals surface area contributed by atoms with E-state index in [9.17, 15) is 9.59 Å². The molecule has 4 nitrogen and oxygen atoms in total. The molecule has 0 saturated carbocycles. The van der Waals surface area contributed by atoms with Crippen LogP contribution in [0.25, 0.3) is 6.08 Å². The van der Waals surface area contributed by atoms with Crippen molar-refractivity contribution in [2.24, 2.45) is 0 Å². The number of carbonyl (C=O) groups excluding carboxylic acids is 2. The Hall–Kier alpha value is -2.88. The van der Waals surface area contributed by atoms with Crippen molar-refractivity contribution >= 4 is 29.3 Å². The first kappa shape index (κ1) is 17.5. The first-order chi connectivity index (χ1) is 11.4. The van der Waals surface area contributed by atoms with Gasteiger partial charge in [0.05, 0.1) is 0 Å². The standard InChI is InChI=1S/C20H22N2O2/c1-14(2)17-10-7-16(8-11-17)9-12-20(24)22-19-6-4-5-18(13-19)21-15(3)23/h4-14H,1-3H3,(H,21,23)(H,22,24). The minimum absolute atomic E-state index is 0.150. The van der Waals surface area contributed by atoms with Crippen molar-refractivity contribution in [2.75, 3.05) is 10.6 Å². The zero-order valence-electron chi connectivity index (χ0n) is 14.2. The summed E-state index contributed by atoms with van der Waals surface area (Å²) >= 11 is 0. The second kappa shape index (κ2) is 8.11. The lowest BCUT2D eigenvalue weighted by Crippen LogP contribution is -2.09. The SMILES string of the molecule is CC(=O)Nc1cccc(NC(=O)C=Cc2ccc(C(C)C)cc2)c1. The molecule has 0 aliphatic rings. The molecule has 0 unspecified atom stereocenters. The highest BCUT2D eigenvalue weighted by Gasteiger charge is 2.01. The Morgan fingerprint density at radius 2 is 1.58 bits per heavy atom. The quantitative estimate of drug-likeness (QED) is 0.801. The fourth-order valence-electron chi connectivity index (χ4n) is 2.23. The molecule has 2 aromatic carbocycles. The van der Waals surface area contributed by atoms with Crippen LogP contribution in [0, 0.1) is 0 Å². The van der Waals surface area contributed by atoms with Crippen molar-refractivity contribution in [1.82, 2.24) is 0 Å². The summed E-state index contributed by atoms with van der Waals surface area (Å²) in [7, 11) is 0. The maximum Gasteiger partial charge on any atom is 0.248 e. The van der Waals surface area contributed by atoms with Gasteiger partial charge in [-0.2, -0.15) is 0 Å². The third-order valence-corrected chi connectivity index (χ3v) is 3.48. The summed E-state index contributed by atoms with van der Waals surface area (Å²) < 4.78 is 0. The molecule has 0 aromatic heterocycles. The second-order valence-corrected chi connectivity index (χ2v) is 5.91. The van der Waals surface area contributed by atoms with Gasteiger partial charge in [-0.3, -0.25) is 9.59 Å². The van der Waals surface area contributed by atoms with Gasteiger partial charge in [-0.25, -0.2) is 0 Å². The molecule has 2 aromatic rings. The van der Waals surface area contributed by atoms with Gasteiger partial charge >= 0.3 is 0 Å². The van der Waals surface area contributed by atoms with Gasteiger partial charge in [-0.05, 0) is 41.3 Å². The number of carbonyl (C=O) groups is 2. The molecule has 0 radical (unpaired) electrons.